The molecule has 0 amide bonds. The first-order valence-electron chi connectivity index (χ1n) is 8.06. The normalized spacial score (nSPS) is 12.2. The first-order chi connectivity index (χ1) is 9.49. The Labute approximate surface area is 129 Å². The van der Waals surface area contributed by atoms with E-state index in [-0.39, 0.29) is 0 Å². The predicted molar refractivity (Wildman–Crippen MR) is 96.7 cm³/mol. The second-order valence-electron chi connectivity index (χ2n) is 5.72. The molecule has 0 aliphatic carbocycles. The maximum atomic E-state index is 8.29. The van der Waals surface area contributed by atoms with E-state index in [2.05, 4.69) is 36.5 Å². The van der Waals surface area contributed by atoms with Crippen LogP contribution >= 0.6 is 15.9 Å². The van der Waals surface area contributed by atoms with Crippen molar-refractivity contribution in [2.45, 2.75) is 59.3 Å². The Morgan fingerprint density at radius 1 is 0.800 bits per heavy atom. The molecule has 0 bridgehead atoms. The Bertz CT molecular complexity index is 166. The van der Waals surface area contributed by atoms with E-state index in [1.54, 1.807) is 18.5 Å². The van der Waals surface area contributed by atoms with Crippen LogP contribution in [0.1, 0.15) is 59.3 Å². The Morgan fingerprint density at radius 3 is 1.25 bits per heavy atom. The third-order valence-electron chi connectivity index (χ3n) is 3.71. The zero-order chi connectivity index (χ0) is 15.9. The van der Waals surface area contributed by atoms with Gasteiger partial charge in [-0.05, 0) is 0 Å². The fourth-order valence-corrected chi connectivity index (χ4v) is 6.78. The zero-order valence-electron chi connectivity index (χ0n) is 14.6. The van der Waals surface area contributed by atoms with Crippen LogP contribution in [0, 0.1) is 0 Å². The van der Waals surface area contributed by atoms with Gasteiger partial charge in [-0.15, -0.1) is 0 Å². The molecule has 0 aromatic heterocycles. The molecule has 0 atom stereocenters. The molecule has 126 valence electrons. The van der Waals surface area contributed by atoms with Crippen LogP contribution < -0.4 is 0 Å². The summed E-state index contributed by atoms with van der Waals surface area (Å²) < 4.78 is 8.59. The molecule has 0 rings (SSSR count). The van der Waals surface area contributed by atoms with Crippen molar-refractivity contribution < 1.29 is 13.9 Å². The van der Waals surface area contributed by atoms with Gasteiger partial charge in [0, 0.05) is 14.2 Å². The molecule has 1 N–H and O–H groups in total. The average Bonchev–Trinajstić information content (AvgIpc) is 2.49. The number of hydrogen-bond donors (Lipinski definition) is 1. The van der Waals surface area contributed by atoms with E-state index in [1.165, 1.54) is 52.7 Å². The van der Waals surface area contributed by atoms with E-state index in [0.717, 1.165) is 0 Å². The van der Waals surface area contributed by atoms with E-state index in [1.807, 2.05) is 0 Å². The smallest absolute Gasteiger partial charge is 0.328 e. The SMILES string of the molecule is CCCC[PH](C)(CCCC)CCCC.COP(O)OC. The predicted octanol–water partition coefficient (Wildman–Crippen LogP) is 5.26. The molecule has 0 aliphatic heterocycles. The second-order valence-corrected chi connectivity index (χ2v) is 12.1. The van der Waals surface area contributed by atoms with Gasteiger partial charge in [-0.3, -0.25) is 0 Å². The Morgan fingerprint density at radius 2 is 1.10 bits per heavy atom. The monoisotopic (exact) mass is 328 g/mol. The van der Waals surface area contributed by atoms with E-state index >= 15 is 0 Å². The first kappa shape index (κ1) is 23.0. The van der Waals surface area contributed by atoms with Crippen LogP contribution in [-0.2, 0) is 9.05 Å². The minimum absolute atomic E-state index is 0.812. The zero-order valence-corrected chi connectivity index (χ0v) is 16.5. The molecule has 0 unspecified atom stereocenters. The van der Waals surface area contributed by atoms with Crippen LogP contribution in [0.25, 0.3) is 0 Å². The molecule has 0 fully saturated rings. The van der Waals surface area contributed by atoms with E-state index in [9.17, 15) is 0 Å². The van der Waals surface area contributed by atoms with Gasteiger partial charge in [-0.25, -0.2) is 0 Å². The Balaban J connectivity index is 0. The Hall–Kier alpha value is 0.740. The standard InChI is InChI=1S/C13H31P.C2H7O3P/c1-5-8-11-14(4,12-9-6-2)13-10-7-3;1-4-6(3)5-2/h14H,5-13H2,1-4H3;3H,1-2H3. The van der Waals surface area contributed by atoms with E-state index in [0.29, 0.717) is 0 Å². The van der Waals surface area contributed by atoms with Gasteiger partial charge < -0.3 is 13.9 Å². The fraction of sp³-hybridized carbons (Fsp3) is 1.00. The summed E-state index contributed by atoms with van der Waals surface area (Å²) in [5, 5.41) is 0. The van der Waals surface area contributed by atoms with Gasteiger partial charge in [-0.2, -0.15) is 0 Å². The Kier molecular flexibility index (Phi) is 18.5. The van der Waals surface area contributed by atoms with Crippen molar-refractivity contribution in [2.24, 2.45) is 0 Å². The summed E-state index contributed by atoms with van der Waals surface area (Å²) in [5.41, 5.74) is 0. The molecule has 0 saturated carbocycles. The van der Waals surface area contributed by atoms with E-state index in [4.69, 9.17) is 4.89 Å². The molecule has 5 heteroatoms. The van der Waals surface area contributed by atoms with Crippen molar-refractivity contribution in [3.05, 3.63) is 0 Å². The summed E-state index contributed by atoms with van der Waals surface area (Å²) in [5.74, 6) is 0. The van der Waals surface area contributed by atoms with Crippen molar-refractivity contribution in [3.8, 4) is 0 Å². The summed E-state index contributed by atoms with van der Waals surface area (Å²) in [6.07, 6.45) is 13.4. The molecule has 0 aromatic rings. The molecule has 0 heterocycles. The fourth-order valence-electron chi connectivity index (χ4n) is 2.26. The quantitative estimate of drug-likeness (QED) is 0.525. The molecule has 20 heavy (non-hydrogen) atoms. The average molecular weight is 328 g/mol. The third kappa shape index (κ3) is 15.1. The largest absolute Gasteiger partial charge is 0.329 e. The maximum absolute atomic E-state index is 8.29. The summed E-state index contributed by atoms with van der Waals surface area (Å²) in [7, 11) is 0.380. The van der Waals surface area contributed by atoms with Gasteiger partial charge in [0.05, 0.1) is 0 Å². The minimum Gasteiger partial charge on any atom is -0.328 e. The number of rotatable bonds is 11. The molecular weight excluding hydrogens is 290 g/mol. The van der Waals surface area contributed by atoms with Crippen LogP contribution in [0.3, 0.4) is 0 Å². The van der Waals surface area contributed by atoms with Crippen molar-refractivity contribution >= 4 is 15.9 Å². The minimum atomic E-state index is -1.58. The topological polar surface area (TPSA) is 38.7 Å². The van der Waals surface area contributed by atoms with Crippen LogP contribution in [0.5, 0.6) is 0 Å². The summed E-state index contributed by atoms with van der Waals surface area (Å²) in [6.45, 7) is 9.63. The van der Waals surface area contributed by atoms with Crippen molar-refractivity contribution in [1.82, 2.24) is 0 Å². The first-order valence-corrected chi connectivity index (χ1v) is 12.3. The number of unbranched alkanes of at least 4 members (excludes halogenated alkanes) is 3. The number of hydrogen-bond acceptors (Lipinski definition) is 3. The van der Waals surface area contributed by atoms with Crippen LogP contribution in [-0.4, -0.2) is 44.3 Å². The molecule has 0 aliphatic rings. The van der Waals surface area contributed by atoms with Crippen molar-refractivity contribution in [2.75, 3.05) is 39.4 Å². The molecule has 0 saturated heterocycles. The molecule has 0 radical (unpaired) electrons. The van der Waals surface area contributed by atoms with Gasteiger partial charge in [0.2, 0.25) is 0 Å². The summed E-state index contributed by atoms with van der Waals surface area (Å²) >= 11 is 0. The summed E-state index contributed by atoms with van der Waals surface area (Å²) in [4.78, 5) is 8.29. The van der Waals surface area contributed by atoms with Gasteiger partial charge in [-0.1, -0.05) is 0 Å². The summed E-state index contributed by atoms with van der Waals surface area (Å²) in [6, 6.07) is 0. The van der Waals surface area contributed by atoms with Gasteiger partial charge in [0.1, 0.15) is 0 Å². The molecule has 3 nitrogen and oxygen atoms in total. The maximum Gasteiger partial charge on any atom is 0.329 e. The van der Waals surface area contributed by atoms with Crippen LogP contribution in [0.15, 0.2) is 0 Å². The van der Waals surface area contributed by atoms with Crippen molar-refractivity contribution in [1.29, 1.82) is 0 Å². The van der Waals surface area contributed by atoms with Gasteiger partial charge in [0.15, 0.2) is 0 Å². The van der Waals surface area contributed by atoms with Gasteiger partial charge >= 0.3 is 100 Å². The third-order valence-corrected chi connectivity index (χ3v) is 9.02. The molecule has 0 spiro atoms. The van der Waals surface area contributed by atoms with Crippen LogP contribution in [0.4, 0.5) is 0 Å². The van der Waals surface area contributed by atoms with E-state index < -0.39 is 15.9 Å². The molecule has 0 aromatic carbocycles. The van der Waals surface area contributed by atoms with Gasteiger partial charge in [0.25, 0.3) is 0 Å². The van der Waals surface area contributed by atoms with Crippen molar-refractivity contribution in [3.63, 3.8) is 0 Å². The van der Waals surface area contributed by atoms with Crippen LogP contribution in [0.2, 0.25) is 0 Å². The molecular formula is C15H38O3P2. The second kappa shape index (κ2) is 16.1.